The van der Waals surface area contributed by atoms with E-state index in [9.17, 15) is 13.2 Å². The molecule has 2 aromatic rings. The van der Waals surface area contributed by atoms with Gasteiger partial charge < -0.3 is 15.0 Å². The van der Waals surface area contributed by atoms with E-state index < -0.39 is 17.6 Å². The number of nitrogens with zero attached hydrogens (tertiary/aromatic N) is 4. The number of nitrogens with two attached hydrogens (primary N) is 1. The smallest absolute Gasteiger partial charge is 0.383 e. The van der Waals surface area contributed by atoms with Crippen LogP contribution in [0.5, 0.6) is 0 Å². The predicted octanol–water partition coefficient (Wildman–Crippen LogP) is 3.71. The number of anilines is 1. The molecule has 4 atom stereocenters. The van der Waals surface area contributed by atoms with E-state index >= 15 is 0 Å². The number of imidazole rings is 1. The third-order valence-corrected chi connectivity index (χ3v) is 7.48. The van der Waals surface area contributed by atoms with Gasteiger partial charge in [-0.25, -0.2) is 9.97 Å². The Morgan fingerprint density at radius 2 is 1.81 bits per heavy atom. The summed E-state index contributed by atoms with van der Waals surface area (Å²) in [7, 11) is 0. The molecule has 4 aliphatic rings. The number of fused-ring (bicyclic) bond motifs is 1. The lowest BCUT2D eigenvalue weighted by atomic mass is 10.1. The van der Waals surface area contributed by atoms with E-state index in [1.807, 2.05) is 6.20 Å². The monoisotopic (exact) mass is 433 g/mol. The minimum absolute atomic E-state index is 0.374. The molecule has 0 bridgehead atoms. The van der Waals surface area contributed by atoms with Crippen LogP contribution in [0.3, 0.4) is 0 Å². The van der Waals surface area contributed by atoms with Crippen LogP contribution in [0.1, 0.15) is 49.0 Å². The number of nitrogen functional groups attached to an aromatic ring is 1. The molecular weight excluding hydrogens is 407 g/mol. The van der Waals surface area contributed by atoms with Gasteiger partial charge in [0.1, 0.15) is 11.6 Å². The Morgan fingerprint density at radius 1 is 1.10 bits per heavy atom. The van der Waals surface area contributed by atoms with Crippen LogP contribution in [0.25, 0.3) is 11.3 Å². The minimum Gasteiger partial charge on any atom is -0.383 e. The molecule has 6 rings (SSSR count). The second kappa shape index (κ2) is 6.93. The highest BCUT2D eigenvalue weighted by Gasteiger charge is 2.58. The standard InChI is InChI=1S/C22H26F3N5O/c23-22(24,25)17-7-13(10-27-20(17)26)18-11-30(21(28-18)12-1-2-12)19-15-8-14(9-16(15)19)29-3-5-31-6-4-29/h7,10-12,14-16,19H,1-6,8-9H2,(H2,26,27)/t14?,15-,16+,19+. The summed E-state index contributed by atoms with van der Waals surface area (Å²) in [5.74, 6) is 2.24. The van der Waals surface area contributed by atoms with Crippen molar-refractivity contribution < 1.29 is 17.9 Å². The van der Waals surface area contributed by atoms with Crippen molar-refractivity contribution in [1.29, 1.82) is 0 Å². The zero-order valence-corrected chi connectivity index (χ0v) is 17.2. The van der Waals surface area contributed by atoms with Crippen molar-refractivity contribution in [3.05, 3.63) is 29.8 Å². The summed E-state index contributed by atoms with van der Waals surface area (Å²) in [5.41, 5.74) is 5.51. The summed E-state index contributed by atoms with van der Waals surface area (Å²) in [6.45, 7) is 3.68. The molecule has 0 radical (unpaired) electrons. The van der Waals surface area contributed by atoms with Gasteiger partial charge in [0.15, 0.2) is 0 Å². The first kappa shape index (κ1) is 19.5. The Bertz CT molecular complexity index is 984. The van der Waals surface area contributed by atoms with Gasteiger partial charge in [-0.2, -0.15) is 13.2 Å². The van der Waals surface area contributed by atoms with E-state index in [0.29, 0.717) is 41.1 Å². The third kappa shape index (κ3) is 3.42. The first-order valence-electron chi connectivity index (χ1n) is 11.1. The lowest BCUT2D eigenvalue weighted by molar-refractivity contribution is -0.137. The van der Waals surface area contributed by atoms with E-state index in [2.05, 4.69) is 14.5 Å². The molecule has 4 fully saturated rings. The fraction of sp³-hybridized carbons (Fsp3) is 0.636. The van der Waals surface area contributed by atoms with Gasteiger partial charge >= 0.3 is 6.18 Å². The largest absolute Gasteiger partial charge is 0.419 e. The highest BCUT2D eigenvalue weighted by Crippen LogP contribution is 2.62. The number of pyridine rings is 1. The van der Waals surface area contributed by atoms with Crippen molar-refractivity contribution in [2.75, 3.05) is 32.0 Å². The van der Waals surface area contributed by atoms with Gasteiger partial charge in [0.2, 0.25) is 0 Å². The molecule has 0 aromatic carbocycles. The van der Waals surface area contributed by atoms with Crippen molar-refractivity contribution >= 4 is 5.82 Å². The van der Waals surface area contributed by atoms with Gasteiger partial charge in [-0.15, -0.1) is 0 Å². The van der Waals surface area contributed by atoms with Crippen LogP contribution in [0.15, 0.2) is 18.5 Å². The summed E-state index contributed by atoms with van der Waals surface area (Å²) in [6, 6.07) is 2.14. The Hall–Kier alpha value is -2.13. The SMILES string of the molecule is Nc1ncc(-c2cn([C@H]3[C@@H]4CC(N5CCOCC5)C[C@@H]43)c(C3CC3)n2)cc1C(F)(F)F. The van der Waals surface area contributed by atoms with Gasteiger partial charge in [-0.05, 0) is 43.6 Å². The number of ether oxygens (including phenoxy) is 1. The van der Waals surface area contributed by atoms with Crippen LogP contribution in [0.4, 0.5) is 19.0 Å². The Kier molecular flexibility index (Phi) is 4.37. The Balaban J connectivity index is 1.25. The second-order valence-electron chi connectivity index (χ2n) is 9.41. The molecule has 1 saturated heterocycles. The van der Waals surface area contributed by atoms with Gasteiger partial charge in [-0.1, -0.05) is 0 Å². The fourth-order valence-electron chi connectivity index (χ4n) is 5.70. The molecule has 3 saturated carbocycles. The van der Waals surface area contributed by atoms with Crippen LogP contribution in [-0.4, -0.2) is 51.8 Å². The molecule has 3 heterocycles. The van der Waals surface area contributed by atoms with E-state index in [1.165, 1.54) is 19.0 Å². The molecule has 0 spiro atoms. The average molecular weight is 433 g/mol. The lowest BCUT2D eigenvalue weighted by Gasteiger charge is -2.33. The van der Waals surface area contributed by atoms with E-state index in [1.54, 1.807) is 0 Å². The van der Waals surface area contributed by atoms with Gasteiger partial charge in [0, 0.05) is 49.0 Å². The summed E-state index contributed by atoms with van der Waals surface area (Å²) in [6.07, 6.45) is 3.40. The number of rotatable bonds is 4. The van der Waals surface area contributed by atoms with Crippen molar-refractivity contribution in [3.8, 4) is 11.3 Å². The molecule has 1 unspecified atom stereocenters. The van der Waals surface area contributed by atoms with Crippen molar-refractivity contribution in [2.45, 2.75) is 49.9 Å². The normalized spacial score (nSPS) is 31.1. The number of hydrogen-bond acceptors (Lipinski definition) is 5. The summed E-state index contributed by atoms with van der Waals surface area (Å²) in [5, 5.41) is 0. The fourth-order valence-corrected chi connectivity index (χ4v) is 5.70. The molecule has 6 nitrogen and oxygen atoms in total. The first-order chi connectivity index (χ1) is 14.9. The van der Waals surface area contributed by atoms with Crippen LogP contribution in [0, 0.1) is 11.8 Å². The minimum atomic E-state index is -4.53. The van der Waals surface area contributed by atoms with Crippen LogP contribution in [0.2, 0.25) is 0 Å². The predicted molar refractivity (Wildman–Crippen MR) is 108 cm³/mol. The number of aromatic nitrogens is 3. The molecule has 0 amide bonds. The van der Waals surface area contributed by atoms with E-state index in [-0.39, 0.29) is 0 Å². The van der Waals surface area contributed by atoms with E-state index in [4.69, 9.17) is 15.5 Å². The maximum Gasteiger partial charge on any atom is 0.419 e. The highest BCUT2D eigenvalue weighted by atomic mass is 19.4. The molecule has 3 aliphatic carbocycles. The van der Waals surface area contributed by atoms with Crippen LogP contribution >= 0.6 is 0 Å². The quantitative estimate of drug-likeness (QED) is 0.796. The average Bonchev–Trinajstić information content (AvgIpc) is 3.62. The zero-order valence-electron chi connectivity index (χ0n) is 17.2. The van der Waals surface area contributed by atoms with Gasteiger partial charge in [-0.3, -0.25) is 4.90 Å². The van der Waals surface area contributed by atoms with E-state index in [0.717, 1.165) is 51.0 Å². The number of hydrogen-bond donors (Lipinski definition) is 1. The number of alkyl halides is 3. The summed E-state index contributed by atoms with van der Waals surface area (Å²) >= 11 is 0. The third-order valence-electron chi connectivity index (χ3n) is 7.48. The molecule has 2 N–H and O–H groups in total. The van der Waals surface area contributed by atoms with Crippen LogP contribution in [-0.2, 0) is 10.9 Å². The number of morpholine rings is 1. The maximum absolute atomic E-state index is 13.3. The topological polar surface area (TPSA) is 69.2 Å². The number of halogens is 3. The molecule has 2 aromatic heterocycles. The van der Waals surface area contributed by atoms with Crippen molar-refractivity contribution in [3.63, 3.8) is 0 Å². The molecule has 1 aliphatic heterocycles. The summed E-state index contributed by atoms with van der Waals surface area (Å²) in [4.78, 5) is 11.1. The molecule has 9 heteroatoms. The zero-order chi connectivity index (χ0) is 21.3. The maximum atomic E-state index is 13.3. The molecule has 166 valence electrons. The highest BCUT2D eigenvalue weighted by molar-refractivity contribution is 5.62. The second-order valence-corrected chi connectivity index (χ2v) is 9.41. The van der Waals surface area contributed by atoms with Crippen LogP contribution < -0.4 is 5.73 Å². The molecule has 31 heavy (non-hydrogen) atoms. The van der Waals surface area contributed by atoms with Crippen molar-refractivity contribution in [1.82, 2.24) is 19.4 Å². The van der Waals surface area contributed by atoms with Gasteiger partial charge in [0.25, 0.3) is 0 Å². The lowest BCUT2D eigenvalue weighted by Crippen LogP contribution is -2.43. The van der Waals surface area contributed by atoms with Crippen molar-refractivity contribution in [2.24, 2.45) is 11.8 Å². The van der Waals surface area contributed by atoms with Gasteiger partial charge in [0.05, 0.1) is 24.5 Å². The molecular formula is C22H26F3N5O. The summed E-state index contributed by atoms with van der Waals surface area (Å²) < 4.78 is 47.6. The Morgan fingerprint density at radius 3 is 2.45 bits per heavy atom. The Labute approximate surface area is 178 Å². The first-order valence-corrected chi connectivity index (χ1v) is 11.1.